The van der Waals surface area contributed by atoms with E-state index in [1.165, 1.54) is 12.8 Å². The highest BCUT2D eigenvalue weighted by Crippen LogP contribution is 2.36. The first-order chi connectivity index (χ1) is 10.8. The second-order valence-electron chi connectivity index (χ2n) is 7.50. The largest absolute Gasteiger partial charge is 0.455 e. The van der Waals surface area contributed by atoms with E-state index in [4.69, 9.17) is 27.0 Å². The van der Waals surface area contributed by atoms with Crippen molar-refractivity contribution < 1.29 is 4.12 Å². The molecule has 0 aromatic carbocycles. The van der Waals surface area contributed by atoms with Crippen LogP contribution in [0.2, 0.25) is 37.3 Å². The summed E-state index contributed by atoms with van der Waals surface area (Å²) in [6.07, 6.45) is 6.64. The molecule has 0 aliphatic heterocycles. The fourth-order valence-electron chi connectivity index (χ4n) is 3.47. The molecule has 0 rings (SSSR count). The fraction of sp³-hybridized carbons (Fsp3) is 1.00. The molecule has 0 aliphatic carbocycles. The summed E-state index contributed by atoms with van der Waals surface area (Å²) < 4.78 is 6.97. The normalized spacial score (nSPS) is 13.0. The van der Waals surface area contributed by atoms with Crippen molar-refractivity contribution in [3.63, 3.8) is 0 Å². The van der Waals surface area contributed by atoms with E-state index in [0.29, 0.717) is 5.54 Å². The Kier molecular flexibility index (Phi) is 12.7. The lowest BCUT2D eigenvalue weighted by molar-refractivity contribution is 0.472. The van der Waals surface area contributed by atoms with E-state index >= 15 is 0 Å². The summed E-state index contributed by atoms with van der Waals surface area (Å²) in [4.78, 5) is 0. The van der Waals surface area contributed by atoms with Gasteiger partial charge in [0, 0.05) is 0 Å². The zero-order valence-electron chi connectivity index (χ0n) is 15.8. The van der Waals surface area contributed by atoms with Gasteiger partial charge in [-0.15, -0.1) is 0 Å². The van der Waals surface area contributed by atoms with Crippen LogP contribution in [0.15, 0.2) is 0 Å². The molecular formula is C16H42N4OSi2. The highest BCUT2D eigenvalue weighted by molar-refractivity contribution is 6.86. The van der Waals surface area contributed by atoms with Crippen LogP contribution in [-0.4, -0.2) is 42.8 Å². The van der Waals surface area contributed by atoms with Gasteiger partial charge >= 0.3 is 0 Å². The average Bonchev–Trinajstić information content (AvgIpc) is 2.50. The van der Waals surface area contributed by atoms with Crippen molar-refractivity contribution >= 4 is 16.6 Å². The van der Waals surface area contributed by atoms with Gasteiger partial charge in [0.1, 0.15) is 0 Å². The van der Waals surface area contributed by atoms with Crippen molar-refractivity contribution in [1.29, 1.82) is 0 Å². The van der Waals surface area contributed by atoms with Crippen molar-refractivity contribution in [2.45, 2.75) is 75.8 Å². The van der Waals surface area contributed by atoms with Crippen molar-refractivity contribution in [1.82, 2.24) is 0 Å². The van der Waals surface area contributed by atoms with Gasteiger partial charge in [-0.3, -0.25) is 0 Å². The molecule has 0 spiro atoms. The molecule has 0 aromatic heterocycles. The van der Waals surface area contributed by atoms with Crippen LogP contribution in [0.3, 0.4) is 0 Å². The molecule has 8 N–H and O–H groups in total. The van der Waals surface area contributed by atoms with Crippen LogP contribution < -0.4 is 22.9 Å². The summed E-state index contributed by atoms with van der Waals surface area (Å²) in [6.45, 7) is 10.2. The Bertz CT molecular complexity index is 277. The third kappa shape index (κ3) is 9.96. The molecule has 23 heavy (non-hydrogen) atoms. The van der Waals surface area contributed by atoms with E-state index in [2.05, 4.69) is 19.6 Å². The van der Waals surface area contributed by atoms with E-state index < -0.39 is 16.6 Å². The van der Waals surface area contributed by atoms with Crippen molar-refractivity contribution in [3.05, 3.63) is 0 Å². The Morgan fingerprint density at radius 1 is 0.696 bits per heavy atom. The molecule has 0 saturated heterocycles. The molecule has 0 fully saturated rings. The van der Waals surface area contributed by atoms with Crippen LogP contribution in [0.1, 0.15) is 38.5 Å². The minimum Gasteiger partial charge on any atom is -0.455 e. The van der Waals surface area contributed by atoms with Crippen molar-refractivity contribution in [3.8, 4) is 0 Å². The van der Waals surface area contributed by atoms with Crippen molar-refractivity contribution in [2.75, 3.05) is 26.2 Å². The fourth-order valence-corrected chi connectivity index (χ4v) is 14.0. The molecule has 0 radical (unpaired) electrons. The zero-order chi connectivity index (χ0) is 17.8. The van der Waals surface area contributed by atoms with Gasteiger partial charge in [-0.25, -0.2) is 0 Å². The van der Waals surface area contributed by atoms with Crippen molar-refractivity contribution in [2.24, 2.45) is 22.9 Å². The third-order valence-electron chi connectivity index (χ3n) is 4.83. The first-order valence-electron chi connectivity index (χ1n) is 9.35. The van der Waals surface area contributed by atoms with Crippen LogP contribution in [-0.2, 0) is 4.12 Å². The van der Waals surface area contributed by atoms with Gasteiger partial charge in [0.05, 0.1) is 0 Å². The SMILES string of the molecule is C[Si](CCCN)(CCCN)O[Si](C)(C)C(CCCN)CCCN. The number of hydrogen-bond acceptors (Lipinski definition) is 5. The molecule has 0 bridgehead atoms. The summed E-state index contributed by atoms with van der Waals surface area (Å²) >= 11 is 0. The summed E-state index contributed by atoms with van der Waals surface area (Å²) in [6, 6.07) is 2.31. The van der Waals surface area contributed by atoms with Gasteiger partial charge in [-0.2, -0.15) is 0 Å². The first-order valence-corrected chi connectivity index (χ1v) is 15.2. The monoisotopic (exact) mass is 362 g/mol. The minimum atomic E-state index is -1.77. The number of nitrogens with two attached hydrogens (primary N) is 4. The zero-order valence-corrected chi connectivity index (χ0v) is 17.8. The highest BCUT2D eigenvalue weighted by Gasteiger charge is 2.40. The maximum absolute atomic E-state index is 6.97. The summed E-state index contributed by atoms with van der Waals surface area (Å²) in [5, 5.41) is 0. The third-order valence-corrected chi connectivity index (χ3v) is 14.3. The first kappa shape index (κ1) is 23.2. The van der Waals surface area contributed by atoms with E-state index in [-0.39, 0.29) is 0 Å². The number of hydrogen-bond donors (Lipinski definition) is 4. The summed E-state index contributed by atoms with van der Waals surface area (Å²) in [7, 11) is -3.50. The molecular weight excluding hydrogens is 320 g/mol. The predicted octanol–water partition coefficient (Wildman–Crippen LogP) is 2.33. The maximum atomic E-state index is 6.97. The summed E-state index contributed by atoms with van der Waals surface area (Å²) in [5.74, 6) is 0. The van der Waals surface area contributed by atoms with Gasteiger partial charge in [-0.1, -0.05) is 0 Å². The van der Waals surface area contributed by atoms with E-state index in [0.717, 1.165) is 64.0 Å². The second kappa shape index (κ2) is 12.6. The van der Waals surface area contributed by atoms with E-state index in [9.17, 15) is 0 Å². The molecule has 0 aromatic rings. The van der Waals surface area contributed by atoms with Gasteiger partial charge < -0.3 is 27.0 Å². The molecule has 0 amide bonds. The smallest absolute Gasteiger partial charge is 0.176 e. The van der Waals surface area contributed by atoms with E-state index in [1.807, 2.05) is 0 Å². The lowest BCUT2D eigenvalue weighted by atomic mass is 10.1. The standard InChI is InChI=1S/C16H42N4OSi2/c1-22(2,16(8-4-10-17)9-5-11-18)21-23(3,14-6-12-19)15-7-13-20/h16H,4-15,17-20H2,1-3H3. The molecule has 0 unspecified atom stereocenters. The molecule has 0 saturated carbocycles. The van der Waals surface area contributed by atoms with Crippen LogP contribution in [0.5, 0.6) is 0 Å². The average molecular weight is 363 g/mol. The predicted molar refractivity (Wildman–Crippen MR) is 107 cm³/mol. The number of rotatable bonds is 15. The Morgan fingerprint density at radius 2 is 1.09 bits per heavy atom. The van der Waals surface area contributed by atoms with Crippen LogP contribution >= 0.6 is 0 Å². The Morgan fingerprint density at radius 3 is 1.43 bits per heavy atom. The molecule has 7 heteroatoms. The molecule has 5 nitrogen and oxygen atoms in total. The second-order valence-corrected chi connectivity index (χ2v) is 16.2. The van der Waals surface area contributed by atoms with Crippen LogP contribution in [0, 0.1) is 0 Å². The lowest BCUT2D eigenvalue weighted by Crippen LogP contribution is -2.49. The molecule has 140 valence electrons. The molecule has 0 atom stereocenters. The van der Waals surface area contributed by atoms with Gasteiger partial charge in [0.15, 0.2) is 16.6 Å². The Labute approximate surface area is 146 Å². The minimum absolute atomic E-state index is 0.650. The van der Waals surface area contributed by atoms with Crippen LogP contribution in [0.4, 0.5) is 0 Å². The quantitative estimate of drug-likeness (QED) is 0.334. The van der Waals surface area contributed by atoms with E-state index in [1.54, 1.807) is 0 Å². The molecule has 0 heterocycles. The van der Waals surface area contributed by atoms with Crippen LogP contribution in [0.25, 0.3) is 0 Å². The highest BCUT2D eigenvalue weighted by atomic mass is 28.4. The Hall–Kier alpha value is 0.234. The van der Waals surface area contributed by atoms with Gasteiger partial charge in [0.25, 0.3) is 0 Å². The topological polar surface area (TPSA) is 113 Å². The van der Waals surface area contributed by atoms with Gasteiger partial charge in [0.2, 0.25) is 0 Å². The lowest BCUT2D eigenvalue weighted by Gasteiger charge is -2.41. The maximum Gasteiger partial charge on any atom is 0.176 e. The van der Waals surface area contributed by atoms with Gasteiger partial charge in [-0.05, 0) is 102 Å². The summed E-state index contributed by atoms with van der Waals surface area (Å²) in [5.41, 5.74) is 23.6. The Balaban J connectivity index is 4.96. The molecule has 0 aliphatic rings.